The molecule has 260 valence electrons. The standard InChI is InChI=1S/C19H20N2O3S.C14H9NO3S.C6H12/c1-2-16-10-12-17(13-11-16)20-25(23,21-14-6-3-7-15-21)24-19-9-5-4-8-18(19)22;1-2-11-7-9-12(10-8-11)15-19(16)17-13-5-3-4-6-14(13)18-19;1-2-4-6-5-3-1/h1,4-5,8-13,22H,3,6-7,14-15H2;1,3-10H;1-6H2. The van der Waals surface area contributed by atoms with Crippen LogP contribution < -0.4 is 12.5 Å². The maximum atomic E-state index is 13.6. The number of hydrogen-bond acceptors (Lipinski definition) is 8. The highest BCUT2D eigenvalue weighted by molar-refractivity contribution is 7.87. The molecule has 11 heteroatoms. The van der Waals surface area contributed by atoms with Crippen LogP contribution in [0.1, 0.15) is 68.9 Å². The summed E-state index contributed by atoms with van der Waals surface area (Å²) in [6.07, 6.45) is 22.6. The van der Waals surface area contributed by atoms with Crippen molar-refractivity contribution >= 4 is 31.9 Å². The van der Waals surface area contributed by atoms with Crippen molar-refractivity contribution < 1.29 is 26.1 Å². The van der Waals surface area contributed by atoms with Gasteiger partial charge in [-0.2, -0.15) is 17.1 Å². The van der Waals surface area contributed by atoms with Gasteiger partial charge >= 0.3 is 10.3 Å². The lowest BCUT2D eigenvalue weighted by Gasteiger charge is -2.28. The van der Waals surface area contributed by atoms with Crippen LogP contribution >= 0.6 is 0 Å². The van der Waals surface area contributed by atoms with Crippen LogP contribution in [0.25, 0.3) is 0 Å². The first-order valence-corrected chi connectivity index (χ1v) is 19.4. The first kappa shape index (κ1) is 36.3. The van der Waals surface area contributed by atoms with Gasteiger partial charge in [0.1, 0.15) is 0 Å². The van der Waals surface area contributed by atoms with Crippen LogP contribution in [-0.4, -0.2) is 30.9 Å². The van der Waals surface area contributed by atoms with Crippen molar-refractivity contribution in [2.45, 2.75) is 57.8 Å². The third-order valence-electron chi connectivity index (χ3n) is 7.95. The fourth-order valence-corrected chi connectivity index (χ4v) is 8.26. The van der Waals surface area contributed by atoms with Gasteiger partial charge < -0.3 is 17.7 Å². The second kappa shape index (κ2) is 17.6. The van der Waals surface area contributed by atoms with Crippen molar-refractivity contribution in [3.8, 4) is 47.7 Å². The molecule has 0 aromatic heterocycles. The Morgan fingerprint density at radius 1 is 0.680 bits per heavy atom. The minimum Gasteiger partial charge on any atom is -0.504 e. The van der Waals surface area contributed by atoms with E-state index in [2.05, 4.69) is 20.6 Å². The molecule has 1 unspecified atom stereocenters. The monoisotopic (exact) mass is 711 g/mol. The van der Waals surface area contributed by atoms with E-state index in [0.29, 0.717) is 36.0 Å². The maximum Gasteiger partial charge on any atom is 0.393 e. The van der Waals surface area contributed by atoms with E-state index in [-0.39, 0.29) is 11.5 Å². The van der Waals surface area contributed by atoms with Crippen molar-refractivity contribution in [2.24, 2.45) is 8.73 Å². The Bertz CT molecular complexity index is 2020. The topological polar surface area (TPSA) is 110 Å². The second-order valence-corrected chi connectivity index (χ2v) is 14.8. The largest absolute Gasteiger partial charge is 0.504 e. The summed E-state index contributed by atoms with van der Waals surface area (Å²) in [6.45, 7) is 1.27. The molecular formula is C39H41N3O6S2. The molecule has 0 bridgehead atoms. The van der Waals surface area contributed by atoms with E-state index in [0.717, 1.165) is 30.4 Å². The molecule has 2 aliphatic heterocycles. The first-order valence-electron chi connectivity index (χ1n) is 16.7. The first-order chi connectivity index (χ1) is 24.3. The minimum atomic E-state index is -3.21. The van der Waals surface area contributed by atoms with E-state index in [4.69, 9.17) is 25.4 Å². The van der Waals surface area contributed by atoms with Gasteiger partial charge in [-0.05, 0) is 85.6 Å². The molecule has 4 aromatic rings. The molecule has 1 atom stereocenters. The van der Waals surface area contributed by atoms with Crippen molar-refractivity contribution in [1.29, 1.82) is 0 Å². The SMILES string of the molecule is C#Cc1ccc(N=S(=O)(Oc2ccccc2O)N2CCCCC2)cc1.C#Cc1ccc(N=S2(=O)Oc3ccccc3O2)cc1.C1CCCCC1. The van der Waals surface area contributed by atoms with Crippen LogP contribution in [0.2, 0.25) is 0 Å². The third kappa shape index (κ3) is 10.3. The molecule has 3 aliphatic rings. The van der Waals surface area contributed by atoms with Crippen LogP contribution in [0.4, 0.5) is 11.4 Å². The van der Waals surface area contributed by atoms with Gasteiger partial charge in [0.25, 0.3) is 10.2 Å². The second-order valence-electron chi connectivity index (χ2n) is 11.7. The third-order valence-corrected chi connectivity index (χ3v) is 11.0. The van der Waals surface area contributed by atoms with E-state index >= 15 is 0 Å². The highest BCUT2D eigenvalue weighted by Crippen LogP contribution is 2.37. The Hall–Kier alpha value is -4.94. The normalized spacial score (nSPS) is 17.1. The summed E-state index contributed by atoms with van der Waals surface area (Å²) in [5.41, 5.74) is 2.46. The smallest absolute Gasteiger partial charge is 0.393 e. The highest BCUT2D eigenvalue weighted by Gasteiger charge is 2.27. The number of aromatic hydroxyl groups is 1. The van der Waals surface area contributed by atoms with E-state index in [1.165, 1.54) is 44.6 Å². The van der Waals surface area contributed by atoms with Crippen LogP contribution in [0.3, 0.4) is 0 Å². The number of rotatable bonds is 5. The van der Waals surface area contributed by atoms with Gasteiger partial charge in [-0.3, -0.25) is 0 Å². The number of phenolic OH excluding ortho intramolecular Hbond substituents is 1. The summed E-state index contributed by atoms with van der Waals surface area (Å²) >= 11 is 0. The van der Waals surface area contributed by atoms with E-state index in [1.807, 2.05) is 0 Å². The van der Waals surface area contributed by atoms with Crippen molar-refractivity contribution in [3.63, 3.8) is 0 Å². The zero-order valence-electron chi connectivity index (χ0n) is 27.8. The molecule has 4 aromatic carbocycles. The summed E-state index contributed by atoms with van der Waals surface area (Å²) in [4.78, 5) is 0. The number of phenols is 1. The fourth-order valence-electron chi connectivity index (χ4n) is 5.30. The lowest BCUT2D eigenvalue weighted by Crippen LogP contribution is -2.38. The molecule has 1 aliphatic carbocycles. The van der Waals surface area contributed by atoms with E-state index in [1.54, 1.807) is 95.3 Å². The Labute approximate surface area is 296 Å². The van der Waals surface area contributed by atoms with Crippen LogP contribution in [0.15, 0.2) is 106 Å². The number of nitrogens with zero attached hydrogens (tertiary/aromatic N) is 3. The molecule has 0 radical (unpaired) electrons. The summed E-state index contributed by atoms with van der Waals surface area (Å²) < 4.78 is 52.2. The Morgan fingerprint density at radius 3 is 1.64 bits per heavy atom. The van der Waals surface area contributed by atoms with Gasteiger partial charge in [-0.15, -0.1) is 17.2 Å². The average molecular weight is 712 g/mol. The Morgan fingerprint density at radius 2 is 1.14 bits per heavy atom. The average Bonchev–Trinajstić information content (AvgIpc) is 3.50. The van der Waals surface area contributed by atoms with Crippen molar-refractivity contribution in [3.05, 3.63) is 108 Å². The molecule has 2 fully saturated rings. The summed E-state index contributed by atoms with van der Waals surface area (Å²) in [7, 11) is -6.40. The molecule has 0 amide bonds. The Kier molecular flexibility index (Phi) is 12.8. The van der Waals surface area contributed by atoms with E-state index in [9.17, 15) is 13.5 Å². The number of terminal acetylenes is 2. The van der Waals surface area contributed by atoms with Gasteiger partial charge in [0, 0.05) is 24.2 Å². The number of hydrogen-bond donors (Lipinski definition) is 1. The van der Waals surface area contributed by atoms with Crippen LogP contribution in [0.5, 0.6) is 23.0 Å². The molecule has 9 nitrogen and oxygen atoms in total. The van der Waals surface area contributed by atoms with Crippen LogP contribution in [-0.2, 0) is 20.5 Å². The zero-order valence-corrected chi connectivity index (χ0v) is 29.5. The lowest BCUT2D eigenvalue weighted by molar-refractivity contribution is 0.331. The predicted molar refractivity (Wildman–Crippen MR) is 199 cm³/mol. The molecule has 2 heterocycles. The van der Waals surface area contributed by atoms with Crippen molar-refractivity contribution in [2.75, 3.05) is 13.1 Å². The van der Waals surface area contributed by atoms with Gasteiger partial charge in [0.2, 0.25) is 0 Å². The van der Waals surface area contributed by atoms with Gasteiger partial charge in [-0.1, -0.05) is 81.1 Å². The van der Waals surface area contributed by atoms with Crippen LogP contribution in [0, 0.1) is 24.7 Å². The highest BCUT2D eigenvalue weighted by atomic mass is 32.2. The molecule has 7 rings (SSSR count). The molecule has 0 spiro atoms. The summed E-state index contributed by atoms with van der Waals surface area (Å²) in [5, 5.41) is 9.97. The van der Waals surface area contributed by atoms with Gasteiger partial charge in [0.05, 0.1) is 11.4 Å². The number of fused-ring (bicyclic) bond motifs is 1. The van der Waals surface area contributed by atoms with E-state index < -0.39 is 20.5 Å². The molecule has 50 heavy (non-hydrogen) atoms. The molecule has 1 saturated heterocycles. The summed E-state index contributed by atoms with van der Waals surface area (Å²) in [6, 6.07) is 27.0. The van der Waals surface area contributed by atoms with Gasteiger partial charge in [-0.25, -0.2) is 0 Å². The predicted octanol–water partition coefficient (Wildman–Crippen LogP) is 9.28. The fraction of sp³-hybridized carbons (Fsp3) is 0.282. The molecular weight excluding hydrogens is 671 g/mol. The minimum absolute atomic E-state index is 0.0647. The Balaban J connectivity index is 0.000000170. The van der Waals surface area contributed by atoms with Crippen molar-refractivity contribution in [1.82, 2.24) is 4.31 Å². The molecule has 1 saturated carbocycles. The summed E-state index contributed by atoms with van der Waals surface area (Å²) in [5.74, 6) is 5.98. The lowest BCUT2D eigenvalue weighted by atomic mass is 10.0. The maximum absolute atomic E-state index is 13.6. The quantitative estimate of drug-likeness (QED) is 0.207. The molecule has 1 N–H and O–H groups in total. The van der Waals surface area contributed by atoms with Gasteiger partial charge in [0.15, 0.2) is 23.0 Å². The number of benzene rings is 4. The number of piperidine rings is 1. The zero-order chi connectivity index (χ0) is 35.2. The number of para-hydroxylation sites is 4.